The smallest absolute Gasteiger partial charge is 0.350 e. The second kappa shape index (κ2) is 9.41. The second-order valence-corrected chi connectivity index (χ2v) is 7.80. The quantitative estimate of drug-likeness (QED) is 0.486. The van der Waals surface area contributed by atoms with Crippen LogP contribution in [0.4, 0.5) is 13.2 Å². The zero-order chi connectivity index (χ0) is 23.5. The van der Waals surface area contributed by atoms with E-state index in [-0.39, 0.29) is 18.5 Å². The molecule has 1 aromatic carbocycles. The van der Waals surface area contributed by atoms with Gasteiger partial charge < -0.3 is 15.6 Å². The molecule has 1 atom stereocenters. The number of nitrogens with one attached hydrogen (secondary N) is 3. The van der Waals surface area contributed by atoms with Gasteiger partial charge in [-0.3, -0.25) is 14.3 Å². The van der Waals surface area contributed by atoms with Crippen LogP contribution in [0.1, 0.15) is 67.6 Å². The third kappa shape index (κ3) is 5.86. The summed E-state index contributed by atoms with van der Waals surface area (Å²) in [4.78, 5) is 31.8. The zero-order valence-corrected chi connectivity index (χ0v) is 18.0. The standard InChI is InChI=1S/C21H25F3N6O2/c1-12(2)30-17(7-9-26-30)20(32)25-11-18-28-15-5-4-14(10-16(15)29-18)13(3)27-19(31)6-8-21(22,23)24/h4-5,7,9-10,12-13H,6,8,11H2,1-3H3,(H,25,32)(H,27,31)(H,28,29). The first-order valence-electron chi connectivity index (χ1n) is 10.2. The monoisotopic (exact) mass is 450 g/mol. The van der Waals surface area contributed by atoms with E-state index in [1.165, 1.54) is 0 Å². The average molecular weight is 450 g/mol. The number of aromatic nitrogens is 4. The molecular formula is C21H25F3N6O2. The highest BCUT2D eigenvalue weighted by atomic mass is 19.4. The Labute approximate surface area is 182 Å². The van der Waals surface area contributed by atoms with Crippen molar-refractivity contribution in [2.24, 2.45) is 0 Å². The van der Waals surface area contributed by atoms with Crippen molar-refractivity contribution in [2.45, 2.75) is 58.4 Å². The Morgan fingerprint density at radius 3 is 2.62 bits per heavy atom. The van der Waals surface area contributed by atoms with E-state index in [1.807, 2.05) is 13.8 Å². The van der Waals surface area contributed by atoms with E-state index < -0.39 is 31.0 Å². The molecule has 8 nitrogen and oxygen atoms in total. The molecule has 2 amide bonds. The number of carbonyl (C=O) groups is 2. The van der Waals surface area contributed by atoms with Crippen molar-refractivity contribution in [3.05, 3.63) is 47.5 Å². The van der Waals surface area contributed by atoms with Crippen LogP contribution in [0.2, 0.25) is 0 Å². The summed E-state index contributed by atoms with van der Waals surface area (Å²) < 4.78 is 38.5. The Kier molecular flexibility index (Phi) is 6.85. The summed E-state index contributed by atoms with van der Waals surface area (Å²) in [7, 11) is 0. The molecule has 3 N–H and O–H groups in total. The second-order valence-electron chi connectivity index (χ2n) is 7.80. The van der Waals surface area contributed by atoms with Crippen molar-refractivity contribution in [1.29, 1.82) is 0 Å². The fourth-order valence-corrected chi connectivity index (χ4v) is 3.25. The van der Waals surface area contributed by atoms with E-state index in [4.69, 9.17) is 0 Å². The number of benzene rings is 1. The Morgan fingerprint density at radius 1 is 1.19 bits per heavy atom. The molecular weight excluding hydrogens is 425 g/mol. The summed E-state index contributed by atoms with van der Waals surface area (Å²) in [6.07, 6.45) is -4.56. The number of halogens is 3. The van der Waals surface area contributed by atoms with Crippen LogP contribution < -0.4 is 10.6 Å². The molecule has 11 heteroatoms. The fraction of sp³-hybridized carbons (Fsp3) is 0.429. The number of imidazole rings is 1. The van der Waals surface area contributed by atoms with Crippen molar-refractivity contribution in [3.8, 4) is 0 Å². The molecule has 0 fully saturated rings. The van der Waals surface area contributed by atoms with Crippen LogP contribution in [0.5, 0.6) is 0 Å². The minimum absolute atomic E-state index is 0.0475. The average Bonchev–Trinajstić information content (AvgIpc) is 3.36. The number of fused-ring (bicyclic) bond motifs is 1. The molecule has 1 unspecified atom stereocenters. The topological polar surface area (TPSA) is 105 Å². The van der Waals surface area contributed by atoms with Crippen molar-refractivity contribution in [1.82, 2.24) is 30.4 Å². The molecule has 2 heterocycles. The first-order valence-corrected chi connectivity index (χ1v) is 10.2. The molecule has 0 aliphatic heterocycles. The maximum Gasteiger partial charge on any atom is 0.389 e. The highest BCUT2D eigenvalue weighted by Gasteiger charge is 2.28. The van der Waals surface area contributed by atoms with Crippen LogP contribution >= 0.6 is 0 Å². The van der Waals surface area contributed by atoms with Crippen LogP contribution in [0, 0.1) is 0 Å². The van der Waals surface area contributed by atoms with Crippen molar-refractivity contribution in [2.75, 3.05) is 0 Å². The number of aromatic amines is 1. The largest absolute Gasteiger partial charge is 0.389 e. The number of rotatable bonds is 8. The first kappa shape index (κ1) is 23.3. The van der Waals surface area contributed by atoms with E-state index in [2.05, 4.69) is 25.7 Å². The molecule has 0 radical (unpaired) electrons. The number of H-pyrrole nitrogens is 1. The first-order chi connectivity index (χ1) is 15.0. The van der Waals surface area contributed by atoms with E-state index in [9.17, 15) is 22.8 Å². The molecule has 3 rings (SSSR count). The van der Waals surface area contributed by atoms with Crippen molar-refractivity contribution >= 4 is 22.8 Å². The van der Waals surface area contributed by atoms with E-state index in [1.54, 1.807) is 42.1 Å². The molecule has 32 heavy (non-hydrogen) atoms. The predicted octanol–water partition coefficient (Wildman–Crippen LogP) is 3.79. The summed E-state index contributed by atoms with van der Waals surface area (Å²) in [5.74, 6) is -0.390. The van der Waals surface area contributed by atoms with Gasteiger partial charge in [-0.25, -0.2) is 4.98 Å². The van der Waals surface area contributed by atoms with Crippen LogP contribution in [-0.4, -0.2) is 37.7 Å². The normalized spacial score (nSPS) is 12.8. The SMILES string of the molecule is CC(NC(=O)CCC(F)(F)F)c1ccc2nc(CNC(=O)c3ccnn3C(C)C)[nH]c2c1. The van der Waals surface area contributed by atoms with Gasteiger partial charge in [-0.15, -0.1) is 0 Å². The molecule has 0 aliphatic carbocycles. The minimum Gasteiger partial charge on any atom is -0.350 e. The van der Waals surface area contributed by atoms with Gasteiger partial charge in [0.05, 0.1) is 30.0 Å². The zero-order valence-electron chi connectivity index (χ0n) is 18.0. The van der Waals surface area contributed by atoms with Crippen molar-refractivity contribution < 1.29 is 22.8 Å². The van der Waals surface area contributed by atoms with E-state index in [0.29, 0.717) is 22.6 Å². The lowest BCUT2D eigenvalue weighted by Crippen LogP contribution is -2.27. The molecule has 0 saturated heterocycles. The third-order valence-electron chi connectivity index (χ3n) is 4.88. The van der Waals surface area contributed by atoms with Crippen LogP contribution in [-0.2, 0) is 11.3 Å². The number of hydrogen-bond donors (Lipinski definition) is 3. The van der Waals surface area contributed by atoms with Crippen LogP contribution in [0.15, 0.2) is 30.5 Å². The summed E-state index contributed by atoms with van der Waals surface area (Å²) in [6.45, 7) is 5.73. The molecule has 0 saturated carbocycles. The van der Waals surface area contributed by atoms with Gasteiger partial charge in [0.15, 0.2) is 0 Å². The lowest BCUT2D eigenvalue weighted by molar-refractivity contribution is -0.144. The molecule has 172 valence electrons. The van der Waals surface area contributed by atoms with Gasteiger partial charge in [0.2, 0.25) is 5.91 Å². The highest BCUT2D eigenvalue weighted by Crippen LogP contribution is 2.22. The molecule has 0 aliphatic rings. The number of carbonyl (C=O) groups excluding carboxylic acids is 2. The van der Waals surface area contributed by atoms with Crippen LogP contribution in [0.3, 0.4) is 0 Å². The number of amides is 2. The maximum atomic E-state index is 12.5. The van der Waals surface area contributed by atoms with Gasteiger partial charge in [-0.2, -0.15) is 18.3 Å². The van der Waals surface area contributed by atoms with Gasteiger partial charge in [0.1, 0.15) is 11.5 Å². The predicted molar refractivity (Wildman–Crippen MR) is 112 cm³/mol. The lowest BCUT2D eigenvalue weighted by Gasteiger charge is -2.15. The summed E-state index contributed by atoms with van der Waals surface area (Å²) in [5, 5.41) is 9.52. The summed E-state index contributed by atoms with van der Waals surface area (Å²) in [5.41, 5.74) is 2.53. The number of nitrogens with zero attached hydrogens (tertiary/aromatic N) is 3. The highest BCUT2D eigenvalue weighted by molar-refractivity contribution is 5.92. The fourth-order valence-electron chi connectivity index (χ4n) is 3.25. The lowest BCUT2D eigenvalue weighted by atomic mass is 10.1. The molecule has 0 bridgehead atoms. The Morgan fingerprint density at radius 2 is 1.94 bits per heavy atom. The van der Waals surface area contributed by atoms with Crippen molar-refractivity contribution in [3.63, 3.8) is 0 Å². The van der Waals surface area contributed by atoms with Gasteiger partial charge in [0, 0.05) is 18.7 Å². The van der Waals surface area contributed by atoms with Gasteiger partial charge >= 0.3 is 6.18 Å². The maximum absolute atomic E-state index is 12.5. The van der Waals surface area contributed by atoms with Gasteiger partial charge in [-0.05, 0) is 44.5 Å². The van der Waals surface area contributed by atoms with Gasteiger partial charge in [-0.1, -0.05) is 6.07 Å². The summed E-state index contributed by atoms with van der Waals surface area (Å²) in [6, 6.07) is 6.50. The Balaban J connectivity index is 1.62. The molecule has 0 spiro atoms. The van der Waals surface area contributed by atoms with E-state index in [0.717, 1.165) is 5.56 Å². The Bertz CT molecular complexity index is 1100. The molecule has 3 aromatic rings. The molecule has 2 aromatic heterocycles. The summed E-state index contributed by atoms with van der Waals surface area (Å²) >= 11 is 0. The number of hydrogen-bond acceptors (Lipinski definition) is 4. The minimum atomic E-state index is -4.37. The van der Waals surface area contributed by atoms with Gasteiger partial charge in [0.25, 0.3) is 5.91 Å². The third-order valence-corrected chi connectivity index (χ3v) is 4.88. The Hall–Kier alpha value is -3.37. The van der Waals surface area contributed by atoms with Crippen LogP contribution in [0.25, 0.3) is 11.0 Å². The van der Waals surface area contributed by atoms with E-state index >= 15 is 0 Å². The number of alkyl halides is 3.